The van der Waals surface area contributed by atoms with Crippen LogP contribution in [0.15, 0.2) is 12.1 Å². The molecule has 104 valence electrons. The maximum atomic E-state index is 13.2. The molecule has 1 aromatic carbocycles. The molecule has 3 nitrogen and oxygen atoms in total. The third-order valence-corrected chi connectivity index (χ3v) is 3.85. The van der Waals surface area contributed by atoms with Gasteiger partial charge in [-0.25, -0.2) is 8.78 Å². The lowest BCUT2D eigenvalue weighted by molar-refractivity contribution is 0.0602. The summed E-state index contributed by atoms with van der Waals surface area (Å²) in [5.74, 6) is -2.49. The zero-order valence-corrected chi connectivity index (χ0v) is 11.5. The molecule has 1 N–H and O–H groups in total. The summed E-state index contributed by atoms with van der Waals surface area (Å²) in [4.78, 5) is 14.0. The van der Waals surface area contributed by atoms with Crippen molar-refractivity contribution in [2.75, 3.05) is 13.1 Å². The fourth-order valence-corrected chi connectivity index (χ4v) is 2.42. The van der Waals surface area contributed by atoms with Gasteiger partial charge in [0.1, 0.15) is 0 Å². The number of nitrogens with zero attached hydrogens (tertiary/aromatic N) is 1. The van der Waals surface area contributed by atoms with E-state index in [0.29, 0.717) is 13.1 Å². The van der Waals surface area contributed by atoms with Crippen LogP contribution >= 0.6 is 11.6 Å². The smallest absolute Gasteiger partial charge is 0.255 e. The average Bonchev–Trinajstić information content (AvgIpc) is 2.36. The Kier molecular flexibility index (Phi) is 4.06. The Morgan fingerprint density at radius 1 is 1.37 bits per heavy atom. The molecular formula is C13H15ClF2N2O. The van der Waals surface area contributed by atoms with Crippen LogP contribution < -0.4 is 5.32 Å². The quantitative estimate of drug-likeness (QED) is 0.805. The predicted octanol–water partition coefficient (Wildman–Crippen LogP) is 2.44. The summed E-state index contributed by atoms with van der Waals surface area (Å²) in [6.45, 7) is 5.05. The van der Waals surface area contributed by atoms with E-state index in [1.54, 1.807) is 4.90 Å². The van der Waals surface area contributed by atoms with Crippen molar-refractivity contribution in [3.63, 3.8) is 0 Å². The Balaban J connectivity index is 2.31. The highest BCUT2D eigenvalue weighted by molar-refractivity contribution is 6.33. The fourth-order valence-electron chi connectivity index (χ4n) is 2.18. The first-order valence-corrected chi connectivity index (χ1v) is 6.48. The lowest BCUT2D eigenvalue weighted by Crippen LogP contribution is -2.57. The van der Waals surface area contributed by atoms with Crippen LogP contribution in [-0.4, -0.2) is 36.0 Å². The van der Waals surface area contributed by atoms with Crippen LogP contribution in [-0.2, 0) is 0 Å². The number of nitrogens with one attached hydrogen (secondary N) is 1. The predicted molar refractivity (Wildman–Crippen MR) is 69.3 cm³/mol. The van der Waals surface area contributed by atoms with E-state index in [1.165, 1.54) is 0 Å². The minimum Gasteiger partial charge on any atom is -0.333 e. The third-order valence-electron chi connectivity index (χ3n) is 3.54. The van der Waals surface area contributed by atoms with Crippen molar-refractivity contribution in [2.24, 2.45) is 0 Å². The Labute approximate surface area is 115 Å². The molecule has 0 spiro atoms. The van der Waals surface area contributed by atoms with E-state index in [1.807, 2.05) is 13.8 Å². The molecule has 0 bridgehead atoms. The summed E-state index contributed by atoms with van der Waals surface area (Å²) in [5, 5.41) is 3.17. The van der Waals surface area contributed by atoms with Gasteiger partial charge in [0.2, 0.25) is 0 Å². The van der Waals surface area contributed by atoms with Crippen molar-refractivity contribution in [3.05, 3.63) is 34.4 Å². The monoisotopic (exact) mass is 288 g/mol. The van der Waals surface area contributed by atoms with Crippen molar-refractivity contribution < 1.29 is 13.6 Å². The van der Waals surface area contributed by atoms with Gasteiger partial charge in [-0.2, -0.15) is 0 Å². The van der Waals surface area contributed by atoms with Crippen LogP contribution in [0.5, 0.6) is 0 Å². The fraction of sp³-hybridized carbons (Fsp3) is 0.462. The summed E-state index contributed by atoms with van der Waals surface area (Å²) in [6, 6.07) is 1.80. The van der Waals surface area contributed by atoms with E-state index in [4.69, 9.17) is 11.6 Å². The summed E-state index contributed by atoms with van der Waals surface area (Å²) in [5.41, 5.74) is 0.00140. The third kappa shape index (κ3) is 2.72. The van der Waals surface area contributed by atoms with Gasteiger partial charge in [-0.1, -0.05) is 11.6 Å². The van der Waals surface area contributed by atoms with E-state index < -0.39 is 11.6 Å². The van der Waals surface area contributed by atoms with Crippen molar-refractivity contribution in [3.8, 4) is 0 Å². The number of piperazine rings is 1. The summed E-state index contributed by atoms with van der Waals surface area (Å²) >= 11 is 5.83. The molecule has 1 saturated heterocycles. The number of hydrogen-bond acceptors (Lipinski definition) is 2. The summed E-state index contributed by atoms with van der Waals surface area (Å²) < 4.78 is 26.3. The molecule has 1 fully saturated rings. The van der Waals surface area contributed by atoms with Gasteiger partial charge in [-0.05, 0) is 26.0 Å². The summed E-state index contributed by atoms with van der Waals surface area (Å²) in [7, 11) is 0. The molecule has 0 aliphatic carbocycles. The standard InChI is InChI=1S/C13H15ClF2N2O/c1-7-8(2)18(4-3-17-7)13(19)9-5-11(15)12(16)6-10(9)14/h5-8,17H,3-4H2,1-2H3. The highest BCUT2D eigenvalue weighted by atomic mass is 35.5. The van der Waals surface area contributed by atoms with Gasteiger partial charge in [0.05, 0.1) is 10.6 Å². The van der Waals surface area contributed by atoms with Gasteiger partial charge in [-0.15, -0.1) is 0 Å². The number of amides is 1. The number of benzene rings is 1. The van der Waals surface area contributed by atoms with Crippen LogP contribution in [0.1, 0.15) is 24.2 Å². The highest BCUT2D eigenvalue weighted by Crippen LogP contribution is 2.23. The van der Waals surface area contributed by atoms with Crippen LogP contribution in [0.4, 0.5) is 8.78 Å². The molecule has 1 amide bonds. The molecule has 1 heterocycles. The Hall–Kier alpha value is -1.20. The molecule has 0 radical (unpaired) electrons. The van der Waals surface area contributed by atoms with E-state index in [9.17, 15) is 13.6 Å². The number of rotatable bonds is 1. The zero-order chi connectivity index (χ0) is 14.2. The molecule has 0 aromatic heterocycles. The van der Waals surface area contributed by atoms with Gasteiger partial charge in [0.25, 0.3) is 5.91 Å². The van der Waals surface area contributed by atoms with Gasteiger partial charge in [0.15, 0.2) is 11.6 Å². The number of halogens is 3. The zero-order valence-electron chi connectivity index (χ0n) is 10.7. The van der Waals surface area contributed by atoms with Crippen LogP contribution in [0.2, 0.25) is 5.02 Å². The second kappa shape index (κ2) is 5.43. The van der Waals surface area contributed by atoms with Gasteiger partial charge >= 0.3 is 0 Å². The molecule has 2 rings (SSSR count). The van der Waals surface area contributed by atoms with E-state index in [0.717, 1.165) is 12.1 Å². The minimum absolute atomic E-state index is 0.00140. The van der Waals surface area contributed by atoms with E-state index in [2.05, 4.69) is 5.32 Å². The Bertz CT molecular complexity index is 510. The largest absolute Gasteiger partial charge is 0.333 e. The molecular weight excluding hydrogens is 274 g/mol. The van der Waals surface area contributed by atoms with E-state index >= 15 is 0 Å². The average molecular weight is 289 g/mol. The van der Waals surface area contributed by atoms with Crippen molar-refractivity contribution >= 4 is 17.5 Å². The first-order chi connectivity index (χ1) is 8.91. The highest BCUT2D eigenvalue weighted by Gasteiger charge is 2.30. The maximum Gasteiger partial charge on any atom is 0.255 e. The molecule has 0 saturated carbocycles. The minimum atomic E-state index is -1.07. The van der Waals surface area contributed by atoms with Crippen molar-refractivity contribution in [1.82, 2.24) is 10.2 Å². The first kappa shape index (κ1) is 14.2. The lowest BCUT2D eigenvalue weighted by Gasteiger charge is -2.38. The number of carbonyl (C=O) groups is 1. The topological polar surface area (TPSA) is 32.3 Å². The second-order valence-electron chi connectivity index (χ2n) is 4.73. The molecule has 1 aliphatic heterocycles. The van der Waals surface area contributed by atoms with Gasteiger partial charge in [-0.3, -0.25) is 4.79 Å². The van der Waals surface area contributed by atoms with Crippen molar-refractivity contribution in [2.45, 2.75) is 25.9 Å². The maximum absolute atomic E-state index is 13.2. The Morgan fingerprint density at radius 3 is 2.68 bits per heavy atom. The van der Waals surface area contributed by atoms with E-state index in [-0.39, 0.29) is 28.6 Å². The molecule has 1 aliphatic rings. The lowest BCUT2D eigenvalue weighted by atomic mass is 10.1. The SMILES string of the molecule is CC1NCCN(C(=O)c2cc(F)c(F)cc2Cl)C1C. The normalized spacial score (nSPS) is 23.5. The van der Waals surface area contributed by atoms with Crippen molar-refractivity contribution in [1.29, 1.82) is 0 Å². The molecule has 2 atom stereocenters. The van der Waals surface area contributed by atoms with Gasteiger partial charge < -0.3 is 10.2 Å². The van der Waals surface area contributed by atoms with Crippen LogP contribution in [0.3, 0.4) is 0 Å². The first-order valence-electron chi connectivity index (χ1n) is 6.10. The van der Waals surface area contributed by atoms with Crippen LogP contribution in [0, 0.1) is 11.6 Å². The number of carbonyl (C=O) groups excluding carboxylic acids is 1. The Morgan fingerprint density at radius 2 is 2.00 bits per heavy atom. The number of hydrogen-bond donors (Lipinski definition) is 1. The second-order valence-corrected chi connectivity index (χ2v) is 5.14. The molecule has 2 unspecified atom stereocenters. The van der Waals surface area contributed by atoms with Crippen LogP contribution in [0.25, 0.3) is 0 Å². The molecule has 6 heteroatoms. The summed E-state index contributed by atoms with van der Waals surface area (Å²) in [6.07, 6.45) is 0. The molecule has 19 heavy (non-hydrogen) atoms. The van der Waals surface area contributed by atoms with Gasteiger partial charge in [0, 0.05) is 25.2 Å². The molecule has 1 aromatic rings.